The van der Waals surface area contributed by atoms with Crippen molar-refractivity contribution >= 4 is 5.91 Å². The lowest BCUT2D eigenvalue weighted by Crippen LogP contribution is -2.33. The average Bonchev–Trinajstić information content (AvgIpc) is 3.12. The molecule has 0 bridgehead atoms. The Balaban J connectivity index is 1.75. The standard InChI is InChI=1S/C19H21FN2O/c20-16-10-8-14(9-11-16)17(18-7-3-4-12-21-18)13-22-19(23)15-5-1-2-6-15/h3-4,7-12,15,17H,1-2,5-6,13H2,(H,22,23). The number of halogens is 1. The van der Waals surface area contributed by atoms with E-state index < -0.39 is 0 Å². The average molecular weight is 312 g/mol. The van der Waals surface area contributed by atoms with E-state index in [2.05, 4.69) is 10.3 Å². The van der Waals surface area contributed by atoms with Gasteiger partial charge in [-0.05, 0) is 42.7 Å². The fraction of sp³-hybridized carbons (Fsp3) is 0.368. The first kappa shape index (κ1) is 15.7. The fourth-order valence-electron chi connectivity index (χ4n) is 3.21. The van der Waals surface area contributed by atoms with Crippen LogP contribution in [0, 0.1) is 11.7 Å². The number of carbonyl (C=O) groups excluding carboxylic acids is 1. The Bertz CT molecular complexity index is 636. The van der Waals surface area contributed by atoms with Crippen LogP contribution in [0.2, 0.25) is 0 Å². The highest BCUT2D eigenvalue weighted by molar-refractivity contribution is 5.79. The molecule has 1 heterocycles. The Hall–Kier alpha value is -2.23. The lowest BCUT2D eigenvalue weighted by molar-refractivity contribution is -0.124. The number of nitrogens with zero attached hydrogens (tertiary/aromatic N) is 1. The normalized spacial score (nSPS) is 16.2. The highest BCUT2D eigenvalue weighted by Crippen LogP contribution is 2.26. The number of hydrogen-bond donors (Lipinski definition) is 1. The monoisotopic (exact) mass is 312 g/mol. The molecule has 4 heteroatoms. The van der Waals surface area contributed by atoms with Crippen LogP contribution < -0.4 is 5.32 Å². The lowest BCUT2D eigenvalue weighted by Gasteiger charge is -2.19. The summed E-state index contributed by atoms with van der Waals surface area (Å²) in [5.74, 6) is -0.0520. The van der Waals surface area contributed by atoms with Gasteiger partial charge in [0, 0.05) is 30.3 Å². The lowest BCUT2D eigenvalue weighted by atomic mass is 9.94. The summed E-state index contributed by atoms with van der Waals surface area (Å²) >= 11 is 0. The van der Waals surface area contributed by atoms with E-state index in [1.165, 1.54) is 12.1 Å². The summed E-state index contributed by atoms with van der Waals surface area (Å²) in [7, 11) is 0. The van der Waals surface area contributed by atoms with Gasteiger partial charge in [0.15, 0.2) is 0 Å². The second-order valence-electron chi connectivity index (χ2n) is 6.09. The van der Waals surface area contributed by atoms with Gasteiger partial charge in [-0.25, -0.2) is 4.39 Å². The Morgan fingerprint density at radius 1 is 1.17 bits per heavy atom. The second kappa shape index (κ2) is 7.36. The van der Waals surface area contributed by atoms with Crippen molar-refractivity contribution in [3.63, 3.8) is 0 Å². The topological polar surface area (TPSA) is 42.0 Å². The maximum Gasteiger partial charge on any atom is 0.223 e. The molecule has 1 aliphatic carbocycles. The molecule has 1 aliphatic rings. The maximum atomic E-state index is 13.2. The molecule has 3 nitrogen and oxygen atoms in total. The SMILES string of the molecule is O=C(NCC(c1ccc(F)cc1)c1ccccn1)C1CCCC1. The van der Waals surface area contributed by atoms with Crippen molar-refractivity contribution < 1.29 is 9.18 Å². The largest absolute Gasteiger partial charge is 0.355 e. The highest BCUT2D eigenvalue weighted by Gasteiger charge is 2.24. The zero-order valence-electron chi connectivity index (χ0n) is 13.0. The molecule has 0 saturated heterocycles. The second-order valence-corrected chi connectivity index (χ2v) is 6.09. The minimum Gasteiger partial charge on any atom is -0.355 e. The summed E-state index contributed by atoms with van der Waals surface area (Å²) in [6.07, 6.45) is 5.98. The summed E-state index contributed by atoms with van der Waals surface area (Å²) in [5.41, 5.74) is 1.84. The molecule has 0 radical (unpaired) electrons. The Morgan fingerprint density at radius 3 is 2.57 bits per heavy atom. The number of aromatic nitrogens is 1. The number of carbonyl (C=O) groups is 1. The van der Waals surface area contributed by atoms with Crippen LogP contribution in [0.15, 0.2) is 48.7 Å². The third-order valence-corrected chi connectivity index (χ3v) is 4.52. The van der Waals surface area contributed by atoms with Crippen molar-refractivity contribution in [2.45, 2.75) is 31.6 Å². The minimum absolute atomic E-state index is 0.0675. The molecular weight excluding hydrogens is 291 g/mol. The van der Waals surface area contributed by atoms with Crippen molar-refractivity contribution in [2.24, 2.45) is 5.92 Å². The van der Waals surface area contributed by atoms with Gasteiger partial charge in [0.05, 0.1) is 0 Å². The van der Waals surface area contributed by atoms with Gasteiger partial charge in [0.2, 0.25) is 5.91 Å². The fourth-order valence-corrected chi connectivity index (χ4v) is 3.21. The number of rotatable bonds is 5. The Labute approximate surface area is 135 Å². The van der Waals surface area contributed by atoms with E-state index in [1.54, 1.807) is 18.3 Å². The molecule has 1 aromatic carbocycles. The predicted molar refractivity (Wildman–Crippen MR) is 87.4 cm³/mol. The van der Waals surface area contributed by atoms with Gasteiger partial charge in [-0.1, -0.05) is 31.0 Å². The molecule has 1 amide bonds. The van der Waals surface area contributed by atoms with Crippen LogP contribution >= 0.6 is 0 Å². The van der Waals surface area contributed by atoms with Crippen molar-refractivity contribution in [3.05, 3.63) is 65.7 Å². The van der Waals surface area contributed by atoms with Crippen LogP contribution in [0.25, 0.3) is 0 Å². The van der Waals surface area contributed by atoms with Gasteiger partial charge >= 0.3 is 0 Å². The van der Waals surface area contributed by atoms with Crippen LogP contribution in [0.5, 0.6) is 0 Å². The van der Waals surface area contributed by atoms with Gasteiger partial charge in [-0.2, -0.15) is 0 Å². The van der Waals surface area contributed by atoms with Crippen molar-refractivity contribution in [2.75, 3.05) is 6.54 Å². The van der Waals surface area contributed by atoms with Crippen LogP contribution in [0.4, 0.5) is 4.39 Å². The van der Waals surface area contributed by atoms with E-state index in [0.717, 1.165) is 36.9 Å². The predicted octanol–water partition coefficient (Wildman–Crippen LogP) is 3.66. The molecule has 1 unspecified atom stereocenters. The van der Waals surface area contributed by atoms with E-state index in [4.69, 9.17) is 0 Å². The van der Waals surface area contributed by atoms with Crippen LogP contribution in [0.3, 0.4) is 0 Å². The molecule has 1 N–H and O–H groups in total. The molecule has 120 valence electrons. The van der Waals surface area contributed by atoms with Crippen molar-refractivity contribution in [1.29, 1.82) is 0 Å². The van der Waals surface area contributed by atoms with Gasteiger partial charge in [-0.3, -0.25) is 9.78 Å². The number of hydrogen-bond acceptors (Lipinski definition) is 2. The number of pyridine rings is 1. The molecule has 1 fully saturated rings. The molecule has 1 atom stereocenters. The highest BCUT2D eigenvalue weighted by atomic mass is 19.1. The quantitative estimate of drug-likeness (QED) is 0.915. The molecule has 1 saturated carbocycles. The molecule has 23 heavy (non-hydrogen) atoms. The molecular formula is C19H21FN2O. The summed E-state index contributed by atoms with van der Waals surface area (Å²) in [6.45, 7) is 0.484. The van der Waals surface area contributed by atoms with Crippen LogP contribution in [-0.2, 0) is 4.79 Å². The van der Waals surface area contributed by atoms with Gasteiger partial charge in [0.25, 0.3) is 0 Å². The Morgan fingerprint density at radius 2 is 1.91 bits per heavy atom. The third-order valence-electron chi connectivity index (χ3n) is 4.52. The van der Waals surface area contributed by atoms with Crippen molar-refractivity contribution in [1.82, 2.24) is 10.3 Å². The number of amides is 1. The Kier molecular flexibility index (Phi) is 5.01. The van der Waals surface area contributed by atoms with E-state index in [-0.39, 0.29) is 23.6 Å². The van der Waals surface area contributed by atoms with Gasteiger partial charge < -0.3 is 5.32 Å². The zero-order chi connectivity index (χ0) is 16.1. The molecule has 0 aliphatic heterocycles. The minimum atomic E-state index is -0.261. The smallest absolute Gasteiger partial charge is 0.223 e. The summed E-state index contributed by atoms with van der Waals surface area (Å²) in [6, 6.07) is 12.1. The van der Waals surface area contributed by atoms with Crippen LogP contribution in [-0.4, -0.2) is 17.4 Å². The first-order valence-corrected chi connectivity index (χ1v) is 8.18. The van der Waals surface area contributed by atoms with E-state index >= 15 is 0 Å². The maximum absolute atomic E-state index is 13.2. The zero-order valence-corrected chi connectivity index (χ0v) is 13.0. The summed E-state index contributed by atoms with van der Waals surface area (Å²) in [4.78, 5) is 16.7. The van der Waals surface area contributed by atoms with E-state index in [0.29, 0.717) is 6.54 Å². The van der Waals surface area contributed by atoms with Crippen molar-refractivity contribution in [3.8, 4) is 0 Å². The van der Waals surface area contributed by atoms with E-state index in [9.17, 15) is 9.18 Å². The first-order valence-electron chi connectivity index (χ1n) is 8.18. The number of nitrogens with one attached hydrogen (secondary N) is 1. The summed E-state index contributed by atoms with van der Waals surface area (Å²) < 4.78 is 13.2. The molecule has 0 spiro atoms. The first-order chi connectivity index (χ1) is 11.2. The van der Waals surface area contributed by atoms with Crippen LogP contribution in [0.1, 0.15) is 42.9 Å². The molecule has 2 aromatic rings. The summed E-state index contributed by atoms with van der Waals surface area (Å²) in [5, 5.41) is 3.06. The van der Waals surface area contributed by atoms with Gasteiger partial charge in [0.1, 0.15) is 5.82 Å². The van der Waals surface area contributed by atoms with Gasteiger partial charge in [-0.15, -0.1) is 0 Å². The third kappa shape index (κ3) is 3.95. The molecule has 1 aromatic heterocycles. The molecule has 3 rings (SSSR count). The van der Waals surface area contributed by atoms with E-state index in [1.807, 2.05) is 18.2 Å². The number of benzene rings is 1.